The number of hydroxylamine groups is 2. The Balaban J connectivity index is 1.35. The van der Waals surface area contributed by atoms with Gasteiger partial charge in [-0.25, -0.2) is 18.1 Å². The molecule has 0 aromatic heterocycles. The van der Waals surface area contributed by atoms with E-state index in [-0.39, 0.29) is 30.1 Å². The van der Waals surface area contributed by atoms with Crippen LogP contribution in [0.15, 0.2) is 82.3 Å². The number of unbranched alkanes of at least 4 members (excludes halogenated alkanes) is 4. The first-order valence-electron chi connectivity index (χ1n) is 20.0. The predicted octanol–water partition coefficient (Wildman–Crippen LogP) is 6.75. The Labute approximate surface area is 356 Å². The maximum atomic E-state index is 12.4. The van der Waals surface area contributed by atoms with Crippen molar-refractivity contribution in [1.82, 2.24) is 10.4 Å². The van der Waals surface area contributed by atoms with Gasteiger partial charge < -0.3 is 19.6 Å². The fourth-order valence-electron chi connectivity index (χ4n) is 7.82. The molecule has 0 bridgehead atoms. The minimum absolute atomic E-state index is 0.00174. The number of nitrogens with one attached hydrogen (secondary N) is 1. The van der Waals surface area contributed by atoms with Gasteiger partial charge in [-0.3, -0.25) is 14.4 Å². The molecule has 0 spiro atoms. The van der Waals surface area contributed by atoms with Crippen molar-refractivity contribution in [2.24, 2.45) is 0 Å². The third kappa shape index (κ3) is 11.0. The van der Waals surface area contributed by atoms with Gasteiger partial charge in [0.25, 0.3) is 11.8 Å². The van der Waals surface area contributed by atoms with Crippen LogP contribution in [-0.4, -0.2) is 79.3 Å². The first kappa shape index (κ1) is 46.4. The van der Waals surface area contributed by atoms with Crippen molar-refractivity contribution < 1.29 is 55.8 Å². The molecule has 60 heavy (non-hydrogen) atoms. The number of benzene rings is 2. The van der Waals surface area contributed by atoms with Crippen LogP contribution < -0.4 is 10.2 Å². The highest BCUT2D eigenvalue weighted by Gasteiger charge is 2.44. The van der Waals surface area contributed by atoms with Crippen molar-refractivity contribution in [2.75, 3.05) is 32.1 Å². The van der Waals surface area contributed by atoms with Crippen LogP contribution in [0, 0.1) is 0 Å². The highest BCUT2D eigenvalue weighted by atomic mass is 32.2. The molecule has 1 fully saturated rings. The SMILES string of the molecule is CNC(=O)CCCCCN1C(=CC=CC=CC2=[N+](CCCCCC(=O)ON3C(=O)CCC3=O)c3ccc(SOOOC)cc3C2(C)C)C(C)(C)c2cc(S(=O)(=O)[O-])ccc21. The molecule has 1 saturated heterocycles. The van der Waals surface area contributed by atoms with E-state index < -0.39 is 38.7 Å². The number of amides is 3. The molecule has 17 heteroatoms. The molecule has 3 aliphatic rings. The summed E-state index contributed by atoms with van der Waals surface area (Å²) in [5.74, 6) is -1.62. The third-order valence-corrected chi connectivity index (χ3v) is 12.4. The van der Waals surface area contributed by atoms with E-state index in [1.165, 1.54) is 19.2 Å². The van der Waals surface area contributed by atoms with Crippen LogP contribution in [0.3, 0.4) is 0 Å². The lowest BCUT2D eigenvalue weighted by atomic mass is 9.81. The molecule has 1 N–H and O–H groups in total. The first-order valence-corrected chi connectivity index (χ1v) is 22.2. The molecule has 2 aromatic rings. The van der Waals surface area contributed by atoms with Gasteiger partial charge in [-0.1, -0.05) is 43.5 Å². The largest absolute Gasteiger partial charge is 0.744 e. The van der Waals surface area contributed by atoms with Crippen molar-refractivity contribution in [3.05, 3.63) is 83.6 Å². The van der Waals surface area contributed by atoms with Gasteiger partial charge in [-0.15, -0.1) is 9.40 Å². The molecule has 0 atom stereocenters. The lowest BCUT2D eigenvalue weighted by Gasteiger charge is -2.27. The molecule has 5 rings (SSSR count). The van der Waals surface area contributed by atoms with Gasteiger partial charge in [0.05, 0.1) is 29.5 Å². The van der Waals surface area contributed by atoms with E-state index in [2.05, 4.69) is 50.7 Å². The summed E-state index contributed by atoms with van der Waals surface area (Å²) in [6.45, 7) is 9.62. The summed E-state index contributed by atoms with van der Waals surface area (Å²) >= 11 is 1.03. The molecular formula is C43H54N4O11S2. The third-order valence-electron chi connectivity index (χ3n) is 11.0. The summed E-state index contributed by atoms with van der Waals surface area (Å²) in [5, 5.41) is 7.83. The number of allylic oxidation sites excluding steroid dienone is 6. The molecule has 3 aliphatic heterocycles. The maximum absolute atomic E-state index is 12.4. The molecule has 3 heterocycles. The Morgan fingerprint density at radius 2 is 1.62 bits per heavy atom. The van der Waals surface area contributed by atoms with Crippen LogP contribution >= 0.6 is 12.0 Å². The van der Waals surface area contributed by atoms with Gasteiger partial charge in [-0.2, -0.15) is 4.58 Å². The number of carbonyl (C=O) groups excluding carboxylic acids is 4. The molecule has 15 nitrogen and oxygen atoms in total. The Morgan fingerprint density at radius 3 is 2.32 bits per heavy atom. The van der Waals surface area contributed by atoms with Crippen LogP contribution in [0.4, 0.5) is 11.4 Å². The number of fused-ring (bicyclic) bond motifs is 2. The van der Waals surface area contributed by atoms with E-state index in [1.807, 2.05) is 50.3 Å². The zero-order valence-corrected chi connectivity index (χ0v) is 36.6. The van der Waals surface area contributed by atoms with Gasteiger partial charge in [0.1, 0.15) is 16.7 Å². The van der Waals surface area contributed by atoms with Crippen LogP contribution in [0.25, 0.3) is 0 Å². The first-order chi connectivity index (χ1) is 28.5. The summed E-state index contributed by atoms with van der Waals surface area (Å²) in [4.78, 5) is 60.1. The Morgan fingerprint density at radius 1 is 0.900 bits per heavy atom. The highest BCUT2D eigenvalue weighted by Crippen LogP contribution is 2.49. The number of imide groups is 1. The minimum Gasteiger partial charge on any atom is -0.744 e. The zero-order valence-electron chi connectivity index (χ0n) is 35.0. The minimum atomic E-state index is -4.65. The normalized spacial score (nSPS) is 17.8. The van der Waals surface area contributed by atoms with Crippen molar-refractivity contribution in [1.29, 1.82) is 0 Å². The summed E-state index contributed by atoms with van der Waals surface area (Å²) < 4.78 is 43.3. The van der Waals surface area contributed by atoms with Gasteiger partial charge in [0.2, 0.25) is 11.6 Å². The topological polar surface area (TPSA) is 184 Å². The highest BCUT2D eigenvalue weighted by molar-refractivity contribution is 7.94. The molecule has 0 radical (unpaired) electrons. The second kappa shape index (κ2) is 20.3. The van der Waals surface area contributed by atoms with E-state index >= 15 is 0 Å². The van der Waals surface area contributed by atoms with E-state index in [0.29, 0.717) is 37.4 Å². The Kier molecular flexibility index (Phi) is 15.7. The van der Waals surface area contributed by atoms with E-state index in [0.717, 1.165) is 76.5 Å². The zero-order chi connectivity index (χ0) is 43.7. The maximum Gasteiger partial charge on any atom is 0.333 e. The summed E-state index contributed by atoms with van der Waals surface area (Å²) in [5.41, 5.74) is 4.68. The smallest absolute Gasteiger partial charge is 0.333 e. The summed E-state index contributed by atoms with van der Waals surface area (Å²) in [7, 11) is -1.68. The molecule has 324 valence electrons. The van der Waals surface area contributed by atoms with Crippen LogP contribution in [0.1, 0.15) is 103 Å². The van der Waals surface area contributed by atoms with Crippen LogP contribution in [0.2, 0.25) is 0 Å². The lowest BCUT2D eigenvalue weighted by Crippen LogP contribution is -2.31. The van der Waals surface area contributed by atoms with Crippen molar-refractivity contribution in [2.45, 2.75) is 113 Å². The number of hydrogen-bond donors (Lipinski definition) is 1. The number of anilines is 1. The molecular weight excluding hydrogens is 813 g/mol. The van der Waals surface area contributed by atoms with E-state index in [9.17, 15) is 32.1 Å². The standard InChI is InChI=1S/C43H54N4O11S2/c1-42(2)32-28-30(59-58-57-55-6)20-22-34(32)45(27-15-9-13-19-41(51)56-47-39(49)24-25-40(47)50)36(42)16-10-7-11-17-37-43(3,4)33-29-31(60(52,53)54)21-23-35(33)46(37)26-14-8-12-18-38(48)44-5/h7,10-11,16-17,20-23,28-29H,8-9,12-15,18-19,24-27H2,1-6H3,(H-,44,48,52,53,54). The molecule has 0 saturated carbocycles. The molecule has 0 unspecified atom stereocenters. The van der Waals surface area contributed by atoms with Crippen molar-refractivity contribution >= 4 is 62.9 Å². The van der Waals surface area contributed by atoms with Gasteiger partial charge in [-0.05, 0) is 81.5 Å². The average Bonchev–Trinajstić information content (AvgIpc) is 3.71. The quantitative estimate of drug-likeness (QED) is 0.0203. The van der Waals surface area contributed by atoms with Gasteiger partial charge >= 0.3 is 5.97 Å². The molecule has 2 aromatic carbocycles. The average molecular weight is 867 g/mol. The summed E-state index contributed by atoms with van der Waals surface area (Å²) in [6.07, 6.45) is 14.9. The number of hydrogen-bond acceptors (Lipinski definition) is 13. The van der Waals surface area contributed by atoms with Crippen LogP contribution in [0.5, 0.6) is 0 Å². The molecule has 0 aliphatic carbocycles. The Hall–Kier alpha value is -4.65. The predicted molar refractivity (Wildman–Crippen MR) is 224 cm³/mol. The van der Waals surface area contributed by atoms with Gasteiger partial charge in [0, 0.05) is 85.1 Å². The summed E-state index contributed by atoms with van der Waals surface area (Å²) in [6, 6.07) is 10.6. The number of rotatable bonds is 21. The number of nitrogens with zero attached hydrogens (tertiary/aromatic N) is 3. The van der Waals surface area contributed by atoms with Gasteiger partial charge in [0.15, 0.2) is 5.71 Å². The van der Waals surface area contributed by atoms with E-state index in [4.69, 9.17) is 9.17 Å². The second-order valence-electron chi connectivity index (χ2n) is 15.8. The number of carbonyl (C=O) groups is 4. The Bertz CT molecular complexity index is 2180. The van der Waals surface area contributed by atoms with Crippen molar-refractivity contribution in [3.63, 3.8) is 0 Å². The molecule has 3 amide bonds. The second-order valence-corrected chi connectivity index (χ2v) is 17.9. The fourth-order valence-corrected chi connectivity index (χ4v) is 8.76. The van der Waals surface area contributed by atoms with E-state index in [1.54, 1.807) is 13.1 Å². The fraction of sp³-hybridized carbons (Fsp3) is 0.465. The monoisotopic (exact) mass is 866 g/mol. The lowest BCUT2D eigenvalue weighted by molar-refractivity contribution is -0.447. The van der Waals surface area contributed by atoms with Crippen molar-refractivity contribution in [3.8, 4) is 0 Å². The van der Waals surface area contributed by atoms with Crippen LogP contribution in [-0.2, 0) is 59.2 Å².